The molecule has 4 aromatic carbocycles. The smallest absolute Gasteiger partial charge is 0.274 e. The van der Waals surface area contributed by atoms with Crippen molar-refractivity contribution in [1.29, 1.82) is 0 Å². The molecule has 16 heteroatoms. The minimum Gasteiger partial charge on any atom is -0.381 e. The number of carbonyl (C=O) groups is 2. The maximum atomic E-state index is 12.7. The second-order valence-corrected chi connectivity index (χ2v) is 14.3. The summed E-state index contributed by atoms with van der Waals surface area (Å²) >= 11 is -5.05. The molecule has 230 valence electrons. The fourth-order valence-corrected chi connectivity index (χ4v) is 6.58. The van der Waals surface area contributed by atoms with E-state index in [1.54, 1.807) is 48.5 Å². The van der Waals surface area contributed by atoms with Gasteiger partial charge in [-0.25, -0.2) is 0 Å². The summed E-state index contributed by atoms with van der Waals surface area (Å²) in [5.41, 5.74) is 6.89. The average molecular weight is 687 g/mol. The van der Waals surface area contributed by atoms with Gasteiger partial charge in [0.25, 0.3) is 5.69 Å². The maximum Gasteiger partial charge on any atom is 0.274 e. The Bertz CT molecular complexity index is 1800. The Morgan fingerprint density at radius 3 is 2.16 bits per heavy atom. The zero-order valence-corrected chi connectivity index (χ0v) is 25.7. The second kappa shape index (κ2) is 14.6. The molecule has 2 amide bonds. The number of nitrogens with zero attached hydrogens (tertiary/aromatic N) is 2. The maximum absolute atomic E-state index is 12.7. The summed E-state index contributed by atoms with van der Waals surface area (Å²) in [5.74, 6) is -1.26. The van der Waals surface area contributed by atoms with Crippen molar-refractivity contribution in [3.8, 4) is 0 Å². The van der Waals surface area contributed by atoms with Crippen LogP contribution >= 0.6 is 0 Å². The van der Waals surface area contributed by atoms with E-state index in [0.29, 0.717) is 27.7 Å². The number of rotatable bonds is 10. The first-order valence-corrected chi connectivity index (χ1v) is 17.3. The molecular weight excluding hydrogens is 659 g/mol. The van der Waals surface area contributed by atoms with Gasteiger partial charge in [0.05, 0.1) is 4.92 Å². The number of primary amides is 1. The van der Waals surface area contributed by atoms with E-state index in [1.807, 2.05) is 0 Å². The molecule has 14 nitrogen and oxygen atoms in total. The first-order valence-electron chi connectivity index (χ1n) is 12.5. The Kier molecular flexibility index (Phi) is 11.2. The predicted octanol–water partition coefficient (Wildman–Crippen LogP) is 2.79. The number of sulfonamides is 1. The first kappa shape index (κ1) is 33.7. The standard InChI is InChI=1S/C14H14AsNO7S.C14H13N3O3/c1-11(17)16(24(21,22)14-5-3-2-4-6-14)13-9-7-12(8-10-13)15(18,19)23-20;15-14(18)10-5-3-6-12(8-10)16-9-11-4-1-2-7-13(11)17(19)20/h2-10,20H,1H3,(H,18,19);1-8,16H,9H2,(H2,15,18). The number of hydrogen-bond donors (Lipinski definition) is 4. The number of hydrogen-bond acceptors (Lipinski definition) is 10. The molecule has 0 bridgehead atoms. The molecule has 0 aromatic heterocycles. The third kappa shape index (κ3) is 8.40. The van der Waals surface area contributed by atoms with Crippen molar-refractivity contribution in [2.75, 3.05) is 9.62 Å². The second-order valence-electron chi connectivity index (χ2n) is 8.90. The van der Waals surface area contributed by atoms with E-state index in [4.69, 9.17) is 11.0 Å². The fourth-order valence-electron chi connectivity index (χ4n) is 3.83. The number of nitro benzene ring substituents is 1. The van der Waals surface area contributed by atoms with Crippen molar-refractivity contribution in [3.05, 3.63) is 124 Å². The van der Waals surface area contributed by atoms with Gasteiger partial charge in [0.2, 0.25) is 5.91 Å². The molecule has 0 aliphatic carbocycles. The molecule has 4 rings (SSSR count). The quantitative estimate of drug-likeness (QED) is 0.0822. The van der Waals surface area contributed by atoms with Crippen LogP contribution in [0.25, 0.3) is 0 Å². The monoisotopic (exact) mass is 686 g/mol. The summed E-state index contributed by atoms with van der Waals surface area (Å²) < 4.78 is 50.3. The summed E-state index contributed by atoms with van der Waals surface area (Å²) in [6.07, 6.45) is 0. The molecule has 0 saturated heterocycles. The van der Waals surface area contributed by atoms with E-state index >= 15 is 0 Å². The van der Waals surface area contributed by atoms with Gasteiger partial charge in [-0.1, -0.05) is 24.3 Å². The summed E-state index contributed by atoms with van der Waals surface area (Å²) in [5, 5.41) is 22.4. The third-order valence-corrected chi connectivity index (χ3v) is 10.2. The van der Waals surface area contributed by atoms with Crippen LogP contribution in [0.4, 0.5) is 17.1 Å². The Balaban J connectivity index is 0.000000244. The van der Waals surface area contributed by atoms with Crippen molar-refractivity contribution in [1.82, 2.24) is 0 Å². The summed E-state index contributed by atoms with van der Waals surface area (Å²) in [7, 11) is -4.13. The van der Waals surface area contributed by atoms with Crippen LogP contribution < -0.4 is 19.7 Å². The number of nitrogens with one attached hydrogen (secondary N) is 1. The molecule has 1 unspecified atom stereocenters. The van der Waals surface area contributed by atoms with E-state index in [1.165, 1.54) is 42.5 Å². The van der Waals surface area contributed by atoms with Gasteiger partial charge in [-0.05, 0) is 18.2 Å². The van der Waals surface area contributed by atoms with Gasteiger partial charge in [0.1, 0.15) is 0 Å². The molecule has 1 atom stereocenters. The average Bonchev–Trinajstić information content (AvgIpc) is 3.01. The predicted molar refractivity (Wildman–Crippen MR) is 161 cm³/mol. The molecule has 0 saturated carbocycles. The molecule has 0 fully saturated rings. The Morgan fingerprint density at radius 1 is 0.977 bits per heavy atom. The summed E-state index contributed by atoms with van der Waals surface area (Å²) in [6, 6.07) is 25.2. The van der Waals surface area contributed by atoms with Crippen LogP contribution in [0.1, 0.15) is 22.8 Å². The van der Waals surface area contributed by atoms with Gasteiger partial charge in [-0.3, -0.25) is 14.9 Å². The molecule has 0 radical (unpaired) electrons. The molecule has 5 N–H and O–H groups in total. The SMILES string of the molecule is CC(=O)N(c1ccc([As](=O)(O)OO)cc1)S(=O)(=O)c1ccccc1.NC(=O)c1cccc(NCc2ccccc2[N+](=O)[O-])c1. The number of nitro groups is 1. The number of para-hydroxylation sites is 1. The first-order chi connectivity index (χ1) is 20.8. The topological polar surface area (TPSA) is 219 Å². The summed E-state index contributed by atoms with van der Waals surface area (Å²) in [4.78, 5) is 33.4. The molecule has 0 heterocycles. The third-order valence-electron chi connectivity index (χ3n) is 5.91. The number of amides is 2. The van der Waals surface area contributed by atoms with Crippen LogP contribution in [-0.4, -0.2) is 48.7 Å². The van der Waals surface area contributed by atoms with Crippen molar-refractivity contribution >= 4 is 57.4 Å². The number of nitrogens with two attached hydrogens (primary N) is 1. The zero-order valence-electron chi connectivity index (χ0n) is 23.0. The normalized spacial score (nSPS) is 12.2. The molecule has 0 aliphatic rings. The van der Waals surface area contributed by atoms with Crippen molar-refractivity contribution in [2.45, 2.75) is 18.4 Å². The van der Waals surface area contributed by atoms with Gasteiger partial charge in [0.15, 0.2) is 0 Å². The number of carbonyl (C=O) groups excluding carboxylic acids is 2. The number of benzene rings is 4. The van der Waals surface area contributed by atoms with Crippen molar-refractivity contribution in [2.24, 2.45) is 5.73 Å². The van der Waals surface area contributed by atoms with E-state index in [2.05, 4.69) is 9.19 Å². The number of anilines is 2. The Labute approximate surface area is 254 Å². The fraction of sp³-hybridized carbons (Fsp3) is 0.0714. The largest absolute Gasteiger partial charge is 0.381 e. The Hall–Kier alpha value is -4.79. The van der Waals surface area contributed by atoms with Crippen LogP contribution in [0.5, 0.6) is 0 Å². The Morgan fingerprint density at radius 2 is 1.59 bits per heavy atom. The van der Waals surface area contributed by atoms with Crippen LogP contribution in [0, 0.1) is 10.1 Å². The minimum atomic E-state index is -5.05. The molecule has 4 aromatic rings. The van der Waals surface area contributed by atoms with E-state index in [0.717, 1.165) is 19.1 Å². The van der Waals surface area contributed by atoms with Crippen LogP contribution in [0.2, 0.25) is 0 Å². The van der Waals surface area contributed by atoms with Crippen LogP contribution in [0.15, 0.2) is 108 Å². The molecular formula is C28H27AsN4O10S. The van der Waals surface area contributed by atoms with Crippen LogP contribution in [-0.2, 0) is 29.0 Å². The molecule has 44 heavy (non-hydrogen) atoms. The molecule has 0 spiro atoms. The van der Waals surface area contributed by atoms with E-state index < -0.39 is 40.9 Å². The van der Waals surface area contributed by atoms with Crippen LogP contribution in [0.3, 0.4) is 0 Å². The summed E-state index contributed by atoms with van der Waals surface area (Å²) in [6.45, 7) is 1.38. The zero-order chi connectivity index (χ0) is 32.5. The van der Waals surface area contributed by atoms with Gasteiger partial charge in [-0.2, -0.15) is 0 Å². The van der Waals surface area contributed by atoms with Gasteiger partial charge in [-0.15, -0.1) is 0 Å². The molecule has 0 aliphatic heterocycles. The van der Waals surface area contributed by atoms with Gasteiger partial charge < -0.3 is 11.1 Å². The van der Waals surface area contributed by atoms with Crippen molar-refractivity contribution in [3.63, 3.8) is 0 Å². The van der Waals surface area contributed by atoms with Gasteiger partial charge >= 0.3 is 141 Å². The van der Waals surface area contributed by atoms with E-state index in [-0.39, 0.29) is 20.6 Å². The van der Waals surface area contributed by atoms with Crippen molar-refractivity contribution < 1.29 is 39.9 Å². The van der Waals surface area contributed by atoms with E-state index in [9.17, 15) is 36.0 Å². The minimum absolute atomic E-state index is 0.0106. The van der Waals surface area contributed by atoms with Gasteiger partial charge in [0, 0.05) is 29.4 Å².